The average Bonchev–Trinajstić information content (AvgIpc) is 3.65. The molecule has 0 fully saturated rings. The number of rotatable bonds is 9. The number of Topliss-reactive ketones (excluding diaryl/α,β-unsaturated/α-hetero) is 2. The number of hydrogen-bond acceptors (Lipinski definition) is 7. The van der Waals surface area contributed by atoms with E-state index in [0.717, 1.165) is 28.8 Å². The van der Waals surface area contributed by atoms with Gasteiger partial charge in [0.1, 0.15) is 12.3 Å². The molecule has 0 unspecified atom stereocenters. The molecule has 0 bridgehead atoms. The Morgan fingerprint density at radius 2 is 1.75 bits per heavy atom. The predicted octanol–water partition coefficient (Wildman–Crippen LogP) is 6.57. The molecule has 0 saturated carbocycles. The van der Waals surface area contributed by atoms with Crippen molar-refractivity contribution in [1.82, 2.24) is 4.98 Å². The first-order chi connectivity index (χ1) is 17.5. The zero-order valence-electron chi connectivity index (χ0n) is 20.0. The summed E-state index contributed by atoms with van der Waals surface area (Å²) in [6.45, 7) is 1.78. The van der Waals surface area contributed by atoms with Crippen LogP contribution in [0, 0.1) is 0 Å². The van der Waals surface area contributed by atoms with E-state index >= 15 is 0 Å². The Morgan fingerprint density at radius 3 is 2.56 bits per heavy atom. The molecular weight excluding hydrogens is 488 g/mol. The highest BCUT2D eigenvalue weighted by molar-refractivity contribution is 7.16. The van der Waals surface area contributed by atoms with Gasteiger partial charge in [0, 0.05) is 35.5 Å². The molecule has 3 heterocycles. The Morgan fingerprint density at radius 1 is 1.00 bits per heavy atom. The maximum absolute atomic E-state index is 12.7. The minimum absolute atomic E-state index is 0.0258. The molecule has 1 aliphatic rings. The van der Waals surface area contributed by atoms with Crippen molar-refractivity contribution in [2.75, 3.05) is 6.54 Å². The second-order valence-corrected chi connectivity index (χ2v) is 10.9. The summed E-state index contributed by atoms with van der Waals surface area (Å²) in [5.41, 5.74) is 6.12. The first kappa shape index (κ1) is 24.3. The molecule has 3 aromatic heterocycles. The zero-order chi connectivity index (χ0) is 25.1. The highest BCUT2D eigenvalue weighted by atomic mass is 32.1. The van der Waals surface area contributed by atoms with Crippen molar-refractivity contribution < 1.29 is 14.7 Å². The quantitative estimate of drug-likeness (QED) is 0.202. The van der Waals surface area contributed by atoms with Crippen molar-refractivity contribution in [3.05, 3.63) is 92.2 Å². The molecule has 0 amide bonds. The Bertz CT molecular complexity index is 1450. The maximum Gasteiger partial charge on any atom is 0.194 e. The van der Waals surface area contributed by atoms with Crippen LogP contribution < -0.4 is 0 Å². The third-order valence-electron chi connectivity index (χ3n) is 6.52. The minimum atomic E-state index is -0.138. The van der Waals surface area contributed by atoms with Gasteiger partial charge in [0.15, 0.2) is 11.6 Å². The number of hydrogen-bond donors (Lipinski definition) is 1. The van der Waals surface area contributed by atoms with Crippen LogP contribution in [0.2, 0.25) is 0 Å². The topological polar surface area (TPSA) is 79.6 Å². The Kier molecular flexibility index (Phi) is 7.20. The van der Waals surface area contributed by atoms with Crippen LogP contribution in [-0.4, -0.2) is 33.9 Å². The van der Waals surface area contributed by atoms with Gasteiger partial charge >= 0.3 is 0 Å². The second kappa shape index (κ2) is 10.7. The molecule has 1 N–H and O–H groups in total. The summed E-state index contributed by atoms with van der Waals surface area (Å²) < 4.78 is 0. The molecule has 0 radical (unpaired) electrons. The highest BCUT2D eigenvalue weighted by Crippen LogP contribution is 2.40. The van der Waals surface area contributed by atoms with Gasteiger partial charge < -0.3 is 5.11 Å². The smallest absolute Gasteiger partial charge is 0.194 e. The number of ketones is 2. The average molecular weight is 515 g/mol. The summed E-state index contributed by atoms with van der Waals surface area (Å²) in [6.07, 6.45) is 7.87. The maximum atomic E-state index is 12.7. The number of aliphatic imine (C=N–C) groups is 1. The molecule has 1 aromatic carbocycles. The number of aryl methyl sites for hydroxylation is 3. The lowest BCUT2D eigenvalue weighted by Gasteiger charge is -2.05. The molecule has 5 rings (SSSR count). The van der Waals surface area contributed by atoms with E-state index < -0.39 is 0 Å². The number of aromatic hydroxyl groups is 1. The van der Waals surface area contributed by atoms with Gasteiger partial charge in [0.05, 0.1) is 14.6 Å². The summed E-state index contributed by atoms with van der Waals surface area (Å²) >= 11 is 2.71. The SMILES string of the molecule is CC(=NCC(=O)c1ccc(C(=O)CCc2ccncc2)s1)c1csc(-c2ccc3c(c2)CCC3)c1O. The Balaban J connectivity index is 1.22. The van der Waals surface area contributed by atoms with Gasteiger partial charge in [-0.15, -0.1) is 22.7 Å². The number of thiophene rings is 2. The van der Waals surface area contributed by atoms with Crippen LogP contribution in [0.15, 0.2) is 65.2 Å². The van der Waals surface area contributed by atoms with Gasteiger partial charge in [0.2, 0.25) is 0 Å². The van der Waals surface area contributed by atoms with Crippen LogP contribution in [-0.2, 0) is 19.3 Å². The van der Waals surface area contributed by atoms with Crippen molar-refractivity contribution in [3.8, 4) is 16.2 Å². The molecular formula is C29H26N2O3S2. The number of nitrogens with zero attached hydrogens (tertiary/aromatic N) is 2. The van der Waals surface area contributed by atoms with E-state index in [1.54, 1.807) is 24.5 Å². The van der Waals surface area contributed by atoms with Crippen LogP contribution in [0.1, 0.15) is 61.4 Å². The predicted molar refractivity (Wildman–Crippen MR) is 146 cm³/mol. The van der Waals surface area contributed by atoms with Crippen LogP contribution in [0.5, 0.6) is 5.75 Å². The number of carbonyl (C=O) groups excluding carboxylic acids is 2. The van der Waals surface area contributed by atoms with Gasteiger partial charge in [0.25, 0.3) is 0 Å². The molecule has 0 spiro atoms. The fraction of sp³-hybridized carbons (Fsp3) is 0.241. The summed E-state index contributed by atoms with van der Waals surface area (Å²) in [6, 6.07) is 13.6. The number of carbonyl (C=O) groups is 2. The largest absolute Gasteiger partial charge is 0.506 e. The number of fused-ring (bicyclic) bond motifs is 1. The third-order valence-corrected chi connectivity index (χ3v) is 8.71. The van der Waals surface area contributed by atoms with Gasteiger partial charge in [-0.25, -0.2) is 0 Å². The molecule has 7 heteroatoms. The van der Waals surface area contributed by atoms with E-state index in [9.17, 15) is 14.7 Å². The molecule has 5 nitrogen and oxygen atoms in total. The van der Waals surface area contributed by atoms with Crippen LogP contribution in [0.25, 0.3) is 10.4 Å². The van der Waals surface area contributed by atoms with Crippen molar-refractivity contribution >= 4 is 40.0 Å². The number of pyridine rings is 1. The lowest BCUT2D eigenvalue weighted by molar-refractivity contribution is 0.0984. The fourth-order valence-electron chi connectivity index (χ4n) is 4.45. The third kappa shape index (κ3) is 5.22. The fourth-order valence-corrected chi connectivity index (χ4v) is 6.35. The van der Waals surface area contributed by atoms with Gasteiger partial charge in [-0.2, -0.15) is 0 Å². The van der Waals surface area contributed by atoms with Crippen molar-refractivity contribution in [2.24, 2.45) is 4.99 Å². The molecule has 0 saturated heterocycles. The van der Waals surface area contributed by atoms with Gasteiger partial charge in [-0.05, 0) is 85.2 Å². The molecule has 1 aliphatic carbocycles. The van der Waals surface area contributed by atoms with Crippen LogP contribution in [0.3, 0.4) is 0 Å². The van der Waals surface area contributed by atoms with Crippen molar-refractivity contribution in [1.29, 1.82) is 0 Å². The van der Waals surface area contributed by atoms with E-state index in [2.05, 4.69) is 28.2 Å². The molecule has 0 atom stereocenters. The molecule has 36 heavy (non-hydrogen) atoms. The minimum Gasteiger partial charge on any atom is -0.506 e. The van der Waals surface area contributed by atoms with Crippen molar-refractivity contribution in [2.45, 2.75) is 39.0 Å². The lowest BCUT2D eigenvalue weighted by atomic mass is 10.0. The second-order valence-electron chi connectivity index (χ2n) is 8.93. The molecule has 4 aromatic rings. The number of benzene rings is 1. The summed E-state index contributed by atoms with van der Waals surface area (Å²) in [4.78, 5) is 35.7. The van der Waals surface area contributed by atoms with Crippen LogP contribution >= 0.6 is 22.7 Å². The lowest BCUT2D eigenvalue weighted by Crippen LogP contribution is -2.04. The zero-order valence-corrected chi connectivity index (χ0v) is 21.6. The van der Waals surface area contributed by atoms with E-state index in [1.165, 1.54) is 40.2 Å². The van der Waals surface area contributed by atoms with Gasteiger partial charge in [-0.1, -0.05) is 12.1 Å². The van der Waals surface area contributed by atoms with Crippen molar-refractivity contribution in [3.63, 3.8) is 0 Å². The summed E-state index contributed by atoms with van der Waals surface area (Å²) in [7, 11) is 0. The highest BCUT2D eigenvalue weighted by Gasteiger charge is 2.18. The number of aromatic nitrogens is 1. The first-order valence-corrected chi connectivity index (χ1v) is 13.7. The molecule has 182 valence electrons. The summed E-state index contributed by atoms with van der Waals surface area (Å²) in [5, 5.41) is 12.8. The van der Waals surface area contributed by atoms with Crippen LogP contribution in [0.4, 0.5) is 0 Å². The Labute approximate surface area is 218 Å². The monoisotopic (exact) mass is 514 g/mol. The summed E-state index contributed by atoms with van der Waals surface area (Å²) in [5.74, 6) is 0.101. The van der Waals surface area contributed by atoms with E-state index in [1.807, 2.05) is 24.4 Å². The Hall–Kier alpha value is -3.42. The van der Waals surface area contributed by atoms with Gasteiger partial charge in [-0.3, -0.25) is 19.6 Å². The van der Waals surface area contributed by atoms with E-state index in [0.29, 0.717) is 33.9 Å². The standard InChI is InChI=1S/C29H26N2O3S2/c1-18(23-17-35-29(28(23)34)22-7-6-20-3-2-4-21(20)15-22)31-16-25(33)27-10-9-26(36-27)24(32)8-5-19-11-13-30-14-12-19/h6-7,9-15,17,34H,2-5,8,16H2,1H3. The van der Waals surface area contributed by atoms with E-state index in [-0.39, 0.29) is 23.9 Å². The molecule has 0 aliphatic heterocycles. The normalized spacial score (nSPS) is 13.1. The first-order valence-electron chi connectivity index (χ1n) is 12.0. The van der Waals surface area contributed by atoms with E-state index in [4.69, 9.17) is 0 Å².